The molecule has 1 aromatic rings. The standard InChI is InChI=1S/C15H22BrNO/c1-17(11-12-6-5-7-13(16)10-12)14-8-3-2-4-9-15(14)18/h5-7,10,14-15,18H,2-4,8-9,11H2,1H3. The van der Waals surface area contributed by atoms with E-state index in [0.29, 0.717) is 6.04 Å². The minimum Gasteiger partial charge on any atom is -0.391 e. The van der Waals surface area contributed by atoms with E-state index in [4.69, 9.17) is 0 Å². The Kier molecular flexibility index (Phi) is 5.22. The van der Waals surface area contributed by atoms with Crippen LogP contribution in [0.5, 0.6) is 0 Å². The van der Waals surface area contributed by atoms with Crippen LogP contribution in [-0.2, 0) is 6.54 Å². The third kappa shape index (κ3) is 3.81. The van der Waals surface area contributed by atoms with Gasteiger partial charge in [-0.25, -0.2) is 0 Å². The molecule has 2 rings (SSSR count). The molecular weight excluding hydrogens is 290 g/mol. The maximum absolute atomic E-state index is 10.2. The smallest absolute Gasteiger partial charge is 0.0695 e. The molecule has 2 unspecified atom stereocenters. The molecule has 0 amide bonds. The molecule has 1 N–H and O–H groups in total. The Hall–Kier alpha value is -0.380. The molecule has 3 heteroatoms. The van der Waals surface area contributed by atoms with E-state index in [2.05, 4.69) is 46.1 Å². The number of hydrogen-bond acceptors (Lipinski definition) is 2. The van der Waals surface area contributed by atoms with Crippen molar-refractivity contribution in [3.05, 3.63) is 34.3 Å². The van der Waals surface area contributed by atoms with Gasteiger partial charge >= 0.3 is 0 Å². The Balaban J connectivity index is 1.99. The lowest BCUT2D eigenvalue weighted by atomic mass is 10.0. The Morgan fingerprint density at radius 2 is 2.06 bits per heavy atom. The van der Waals surface area contributed by atoms with Crippen LogP contribution in [0.3, 0.4) is 0 Å². The molecule has 1 aliphatic carbocycles. The van der Waals surface area contributed by atoms with Crippen molar-refractivity contribution in [1.82, 2.24) is 4.90 Å². The first-order valence-electron chi connectivity index (χ1n) is 6.79. The highest BCUT2D eigenvalue weighted by Gasteiger charge is 2.25. The average molecular weight is 312 g/mol. The molecule has 1 saturated carbocycles. The predicted molar refractivity (Wildman–Crippen MR) is 78.5 cm³/mol. The van der Waals surface area contributed by atoms with Gasteiger partial charge in [0, 0.05) is 17.1 Å². The van der Waals surface area contributed by atoms with E-state index in [-0.39, 0.29) is 6.10 Å². The minimum absolute atomic E-state index is 0.162. The fourth-order valence-corrected chi connectivity index (χ4v) is 3.27. The summed E-state index contributed by atoms with van der Waals surface area (Å²) in [5.41, 5.74) is 1.29. The maximum atomic E-state index is 10.2. The molecule has 100 valence electrons. The summed E-state index contributed by atoms with van der Waals surface area (Å²) in [4.78, 5) is 2.30. The summed E-state index contributed by atoms with van der Waals surface area (Å²) < 4.78 is 1.12. The lowest BCUT2D eigenvalue weighted by Crippen LogP contribution is -2.40. The largest absolute Gasteiger partial charge is 0.391 e. The summed E-state index contributed by atoms with van der Waals surface area (Å²) in [6.07, 6.45) is 5.58. The van der Waals surface area contributed by atoms with Crippen molar-refractivity contribution in [3.8, 4) is 0 Å². The molecule has 18 heavy (non-hydrogen) atoms. The third-order valence-electron chi connectivity index (χ3n) is 3.83. The number of aliphatic hydroxyl groups excluding tert-OH is 1. The molecule has 0 aromatic heterocycles. The molecule has 0 heterocycles. The number of aliphatic hydroxyl groups is 1. The van der Waals surface area contributed by atoms with Crippen molar-refractivity contribution in [2.45, 2.75) is 50.8 Å². The van der Waals surface area contributed by atoms with Crippen LogP contribution in [0, 0.1) is 0 Å². The quantitative estimate of drug-likeness (QED) is 0.863. The summed E-state index contributed by atoms with van der Waals surface area (Å²) in [5, 5.41) is 10.2. The zero-order valence-electron chi connectivity index (χ0n) is 11.0. The monoisotopic (exact) mass is 311 g/mol. The summed E-state index contributed by atoms with van der Waals surface area (Å²) in [6, 6.07) is 8.72. The number of rotatable bonds is 3. The highest BCUT2D eigenvalue weighted by atomic mass is 79.9. The number of halogens is 1. The number of nitrogens with zero attached hydrogens (tertiary/aromatic N) is 1. The van der Waals surface area contributed by atoms with Crippen LogP contribution in [0.2, 0.25) is 0 Å². The van der Waals surface area contributed by atoms with Crippen LogP contribution < -0.4 is 0 Å². The van der Waals surface area contributed by atoms with Gasteiger partial charge in [0.15, 0.2) is 0 Å². The summed E-state index contributed by atoms with van der Waals surface area (Å²) >= 11 is 3.50. The first kappa shape index (κ1) is 14.0. The molecule has 2 atom stereocenters. The van der Waals surface area contributed by atoms with Gasteiger partial charge in [-0.3, -0.25) is 4.90 Å². The predicted octanol–water partition coefficient (Wildman–Crippen LogP) is 3.57. The van der Waals surface area contributed by atoms with Gasteiger partial charge < -0.3 is 5.11 Å². The minimum atomic E-state index is -0.162. The molecule has 1 fully saturated rings. The molecule has 1 aliphatic rings. The first-order chi connectivity index (χ1) is 8.66. The first-order valence-corrected chi connectivity index (χ1v) is 7.59. The fourth-order valence-electron chi connectivity index (χ4n) is 2.82. The van der Waals surface area contributed by atoms with Crippen LogP contribution in [0.25, 0.3) is 0 Å². The van der Waals surface area contributed by atoms with Gasteiger partial charge in [0.2, 0.25) is 0 Å². The molecule has 2 nitrogen and oxygen atoms in total. The second-order valence-corrected chi connectivity index (χ2v) is 6.23. The van der Waals surface area contributed by atoms with Crippen LogP contribution in [0.4, 0.5) is 0 Å². The highest BCUT2D eigenvalue weighted by molar-refractivity contribution is 9.10. The highest BCUT2D eigenvalue weighted by Crippen LogP contribution is 2.23. The second-order valence-electron chi connectivity index (χ2n) is 5.32. The second kappa shape index (κ2) is 6.69. The molecular formula is C15H22BrNO. The van der Waals surface area contributed by atoms with E-state index in [0.717, 1.165) is 23.9 Å². The van der Waals surface area contributed by atoms with Gasteiger partial charge in [-0.2, -0.15) is 0 Å². The lowest BCUT2D eigenvalue weighted by Gasteiger charge is -2.30. The normalized spacial score (nSPS) is 25.1. The maximum Gasteiger partial charge on any atom is 0.0695 e. The van der Waals surface area contributed by atoms with Gasteiger partial charge in [-0.05, 0) is 37.6 Å². The van der Waals surface area contributed by atoms with Gasteiger partial charge in [0.05, 0.1) is 6.10 Å². The van der Waals surface area contributed by atoms with Crippen LogP contribution in [0.15, 0.2) is 28.7 Å². The zero-order chi connectivity index (χ0) is 13.0. The Labute approximate surface area is 118 Å². The molecule has 1 aromatic carbocycles. The van der Waals surface area contributed by atoms with E-state index < -0.39 is 0 Å². The van der Waals surface area contributed by atoms with Crippen molar-refractivity contribution in [2.75, 3.05) is 7.05 Å². The molecule has 0 aliphatic heterocycles. The van der Waals surface area contributed by atoms with Gasteiger partial charge in [0.25, 0.3) is 0 Å². The molecule has 0 bridgehead atoms. The van der Waals surface area contributed by atoms with Crippen LogP contribution in [-0.4, -0.2) is 29.2 Å². The van der Waals surface area contributed by atoms with Gasteiger partial charge in [-0.15, -0.1) is 0 Å². The third-order valence-corrected chi connectivity index (χ3v) is 4.32. The van der Waals surface area contributed by atoms with Crippen LogP contribution in [0.1, 0.15) is 37.7 Å². The van der Waals surface area contributed by atoms with Crippen molar-refractivity contribution in [3.63, 3.8) is 0 Å². The average Bonchev–Trinajstić information content (AvgIpc) is 2.54. The molecule has 0 spiro atoms. The van der Waals surface area contributed by atoms with Crippen molar-refractivity contribution in [1.29, 1.82) is 0 Å². The fraction of sp³-hybridized carbons (Fsp3) is 0.600. The number of benzene rings is 1. The topological polar surface area (TPSA) is 23.5 Å². The van der Waals surface area contributed by atoms with Crippen LogP contribution >= 0.6 is 15.9 Å². The summed E-state index contributed by atoms with van der Waals surface area (Å²) in [5.74, 6) is 0. The van der Waals surface area contributed by atoms with E-state index in [1.165, 1.54) is 24.8 Å². The van der Waals surface area contributed by atoms with E-state index in [1.807, 2.05) is 6.07 Å². The molecule has 0 radical (unpaired) electrons. The van der Waals surface area contributed by atoms with Crippen molar-refractivity contribution >= 4 is 15.9 Å². The van der Waals surface area contributed by atoms with Gasteiger partial charge in [0.1, 0.15) is 0 Å². The Morgan fingerprint density at radius 1 is 1.28 bits per heavy atom. The number of likely N-dealkylation sites (N-methyl/N-ethyl adjacent to an activating group) is 1. The van der Waals surface area contributed by atoms with E-state index in [1.54, 1.807) is 0 Å². The van der Waals surface area contributed by atoms with E-state index in [9.17, 15) is 5.11 Å². The van der Waals surface area contributed by atoms with Gasteiger partial charge in [-0.1, -0.05) is 47.3 Å². The molecule has 0 saturated heterocycles. The Bertz CT molecular complexity index is 383. The zero-order valence-corrected chi connectivity index (χ0v) is 12.6. The summed E-state index contributed by atoms with van der Waals surface area (Å²) in [7, 11) is 2.13. The number of hydrogen-bond donors (Lipinski definition) is 1. The SMILES string of the molecule is CN(Cc1cccc(Br)c1)C1CCCCCC1O. The lowest BCUT2D eigenvalue weighted by molar-refractivity contribution is 0.0544. The van der Waals surface area contributed by atoms with Crippen molar-refractivity contribution in [2.24, 2.45) is 0 Å². The Morgan fingerprint density at radius 3 is 2.83 bits per heavy atom. The van der Waals surface area contributed by atoms with E-state index >= 15 is 0 Å². The summed E-state index contributed by atoms with van der Waals surface area (Å²) in [6.45, 7) is 0.904. The van der Waals surface area contributed by atoms with Crippen molar-refractivity contribution < 1.29 is 5.11 Å².